The van der Waals surface area contributed by atoms with E-state index in [1.165, 1.54) is 33.6 Å². The van der Waals surface area contributed by atoms with Crippen LogP contribution in [0.15, 0.2) is 59.2 Å². The Morgan fingerprint density at radius 2 is 1.68 bits per heavy atom. The summed E-state index contributed by atoms with van der Waals surface area (Å²) < 4.78 is 5.87. The van der Waals surface area contributed by atoms with Crippen LogP contribution in [-0.2, 0) is 12.8 Å². The molecule has 2 nitrogen and oxygen atoms in total. The van der Waals surface area contributed by atoms with Crippen LogP contribution in [-0.4, -0.2) is 0 Å². The highest BCUT2D eigenvalue weighted by molar-refractivity contribution is 5.80. The lowest BCUT2D eigenvalue weighted by Crippen LogP contribution is -2.12. The summed E-state index contributed by atoms with van der Waals surface area (Å²) in [5.41, 5.74) is 7.60. The second-order valence-electron chi connectivity index (χ2n) is 6.01. The summed E-state index contributed by atoms with van der Waals surface area (Å²) in [5.74, 6) is 0.955. The summed E-state index contributed by atoms with van der Waals surface area (Å²) in [6.07, 6.45) is 3.86. The van der Waals surface area contributed by atoms with Gasteiger partial charge in [0, 0.05) is 5.56 Å². The quantitative estimate of drug-likeness (QED) is 0.591. The summed E-state index contributed by atoms with van der Waals surface area (Å²) in [5, 5.41) is 0. The highest BCUT2D eigenvalue weighted by Gasteiger charge is 2.25. The Labute approximate surface area is 131 Å². The Hall–Kier alpha value is -2.48. The van der Waals surface area contributed by atoms with Crippen LogP contribution in [0.3, 0.4) is 0 Å². The zero-order valence-corrected chi connectivity index (χ0v) is 13.0. The fourth-order valence-corrected chi connectivity index (χ4v) is 3.33. The lowest BCUT2D eigenvalue weighted by atomic mass is 10.1. The number of anilines is 3. The molecular formula is C20H19NO. The minimum absolute atomic E-state index is 0.955. The van der Waals surface area contributed by atoms with Gasteiger partial charge in [-0.05, 0) is 56.0 Å². The van der Waals surface area contributed by atoms with E-state index < -0.39 is 0 Å². The van der Waals surface area contributed by atoms with E-state index in [0.29, 0.717) is 0 Å². The van der Waals surface area contributed by atoms with Crippen molar-refractivity contribution in [3.05, 3.63) is 77.0 Å². The molecule has 110 valence electrons. The monoisotopic (exact) mass is 289 g/mol. The van der Waals surface area contributed by atoms with E-state index in [-0.39, 0.29) is 0 Å². The molecule has 0 N–H and O–H groups in total. The van der Waals surface area contributed by atoms with E-state index in [0.717, 1.165) is 18.7 Å². The Morgan fingerprint density at radius 1 is 0.864 bits per heavy atom. The number of nitrogens with zero attached hydrogens (tertiary/aromatic N) is 1. The summed E-state index contributed by atoms with van der Waals surface area (Å²) in [6, 6.07) is 17.3. The third-order valence-electron chi connectivity index (χ3n) is 4.42. The molecule has 1 aliphatic rings. The molecule has 1 aliphatic heterocycles. The van der Waals surface area contributed by atoms with Crippen molar-refractivity contribution in [2.45, 2.75) is 26.7 Å². The average Bonchev–Trinajstić information content (AvgIpc) is 2.91. The summed E-state index contributed by atoms with van der Waals surface area (Å²) in [6.45, 7) is 4.30. The van der Waals surface area contributed by atoms with Crippen molar-refractivity contribution in [3.8, 4) is 0 Å². The molecule has 0 spiro atoms. The largest absolute Gasteiger partial charge is 0.448 e. The second kappa shape index (κ2) is 5.06. The first-order valence-corrected chi connectivity index (χ1v) is 7.76. The van der Waals surface area contributed by atoms with E-state index >= 15 is 0 Å². The third kappa shape index (κ3) is 2.03. The standard InChI is InChI=1S/C20H19NO/c1-14-7-10-18(15(2)13-14)21-19-6-4-3-5-16(19)8-9-17-11-12-22-20(17)21/h3-7,10-13H,8-9H2,1-2H3. The van der Waals surface area contributed by atoms with Gasteiger partial charge in [-0.3, -0.25) is 4.90 Å². The summed E-state index contributed by atoms with van der Waals surface area (Å²) in [4.78, 5) is 2.27. The van der Waals surface area contributed by atoms with Gasteiger partial charge in [0.1, 0.15) is 0 Å². The van der Waals surface area contributed by atoms with Gasteiger partial charge in [0.2, 0.25) is 5.88 Å². The molecule has 0 radical (unpaired) electrons. The third-order valence-corrected chi connectivity index (χ3v) is 4.42. The van der Waals surface area contributed by atoms with Crippen molar-refractivity contribution in [2.75, 3.05) is 4.90 Å². The maximum Gasteiger partial charge on any atom is 0.207 e. The van der Waals surface area contributed by atoms with Gasteiger partial charge in [-0.1, -0.05) is 35.9 Å². The van der Waals surface area contributed by atoms with Gasteiger partial charge in [-0.25, -0.2) is 0 Å². The van der Waals surface area contributed by atoms with Gasteiger partial charge in [-0.2, -0.15) is 0 Å². The van der Waals surface area contributed by atoms with E-state index in [4.69, 9.17) is 4.42 Å². The van der Waals surface area contributed by atoms with Crippen molar-refractivity contribution in [3.63, 3.8) is 0 Å². The summed E-state index contributed by atoms with van der Waals surface area (Å²) in [7, 11) is 0. The second-order valence-corrected chi connectivity index (χ2v) is 6.01. The molecule has 0 unspecified atom stereocenters. The Morgan fingerprint density at radius 3 is 2.55 bits per heavy atom. The molecule has 0 saturated carbocycles. The maximum absolute atomic E-state index is 5.87. The minimum atomic E-state index is 0.955. The Balaban J connectivity index is 1.98. The fourth-order valence-electron chi connectivity index (χ4n) is 3.33. The first-order valence-electron chi connectivity index (χ1n) is 7.76. The van der Waals surface area contributed by atoms with E-state index in [1.54, 1.807) is 6.26 Å². The fraction of sp³-hybridized carbons (Fsp3) is 0.200. The number of hydrogen-bond acceptors (Lipinski definition) is 2. The topological polar surface area (TPSA) is 16.4 Å². The lowest BCUT2D eigenvalue weighted by Gasteiger charge is -2.25. The molecule has 22 heavy (non-hydrogen) atoms. The summed E-state index contributed by atoms with van der Waals surface area (Å²) >= 11 is 0. The zero-order chi connectivity index (χ0) is 15.1. The molecular weight excluding hydrogens is 270 g/mol. The van der Waals surface area contributed by atoms with Crippen LogP contribution in [0.25, 0.3) is 0 Å². The van der Waals surface area contributed by atoms with E-state index in [9.17, 15) is 0 Å². The first kappa shape index (κ1) is 13.2. The number of hydrogen-bond donors (Lipinski definition) is 0. The van der Waals surface area contributed by atoms with Gasteiger partial charge in [-0.15, -0.1) is 0 Å². The van der Waals surface area contributed by atoms with Crippen molar-refractivity contribution >= 4 is 17.3 Å². The maximum atomic E-state index is 5.87. The molecule has 1 aromatic heterocycles. The van der Waals surface area contributed by atoms with Gasteiger partial charge >= 0.3 is 0 Å². The number of fused-ring (bicyclic) bond motifs is 2. The highest BCUT2D eigenvalue weighted by atomic mass is 16.3. The van der Waals surface area contributed by atoms with Crippen LogP contribution >= 0.6 is 0 Å². The smallest absolute Gasteiger partial charge is 0.207 e. The Kier molecular flexibility index (Phi) is 3.04. The Bertz CT molecular complexity index is 831. The number of para-hydroxylation sites is 1. The lowest BCUT2D eigenvalue weighted by molar-refractivity contribution is 0.571. The molecule has 0 bridgehead atoms. The molecule has 0 amide bonds. The number of aryl methyl sites for hydroxylation is 4. The average molecular weight is 289 g/mol. The molecule has 0 aliphatic carbocycles. The molecule has 0 saturated heterocycles. The minimum Gasteiger partial charge on any atom is -0.448 e. The van der Waals surface area contributed by atoms with Gasteiger partial charge < -0.3 is 4.42 Å². The molecule has 2 aromatic carbocycles. The van der Waals surface area contributed by atoms with Crippen LogP contribution in [0.1, 0.15) is 22.3 Å². The van der Waals surface area contributed by atoms with Crippen molar-refractivity contribution < 1.29 is 4.42 Å². The van der Waals surface area contributed by atoms with Crippen molar-refractivity contribution in [1.29, 1.82) is 0 Å². The van der Waals surface area contributed by atoms with Crippen LogP contribution in [0, 0.1) is 13.8 Å². The van der Waals surface area contributed by atoms with Crippen molar-refractivity contribution in [1.82, 2.24) is 0 Å². The number of rotatable bonds is 1. The molecule has 2 heteroatoms. The predicted octanol–water partition coefficient (Wildman–Crippen LogP) is 5.46. The van der Waals surface area contributed by atoms with Crippen LogP contribution in [0.5, 0.6) is 0 Å². The van der Waals surface area contributed by atoms with Crippen LogP contribution in [0.4, 0.5) is 17.3 Å². The van der Waals surface area contributed by atoms with Crippen molar-refractivity contribution in [2.24, 2.45) is 0 Å². The zero-order valence-electron chi connectivity index (χ0n) is 13.0. The van der Waals surface area contributed by atoms with Crippen LogP contribution < -0.4 is 4.90 Å². The SMILES string of the molecule is Cc1ccc(N2c3ccccc3CCc3ccoc32)c(C)c1. The van der Waals surface area contributed by atoms with E-state index in [2.05, 4.69) is 67.3 Å². The molecule has 0 atom stereocenters. The first-order chi connectivity index (χ1) is 10.7. The number of benzene rings is 2. The highest BCUT2D eigenvalue weighted by Crippen LogP contribution is 2.43. The normalized spacial score (nSPS) is 13.5. The van der Waals surface area contributed by atoms with Crippen LogP contribution in [0.2, 0.25) is 0 Å². The molecule has 4 rings (SSSR count). The van der Waals surface area contributed by atoms with E-state index in [1.807, 2.05) is 0 Å². The number of furan rings is 1. The predicted molar refractivity (Wildman–Crippen MR) is 90.3 cm³/mol. The molecule has 0 fully saturated rings. The molecule has 2 heterocycles. The van der Waals surface area contributed by atoms with Gasteiger partial charge in [0.05, 0.1) is 17.6 Å². The molecule has 3 aromatic rings. The van der Waals surface area contributed by atoms with Gasteiger partial charge in [0.25, 0.3) is 0 Å². The van der Waals surface area contributed by atoms with Gasteiger partial charge in [0.15, 0.2) is 0 Å².